The Hall–Kier alpha value is -3.93. The summed E-state index contributed by atoms with van der Waals surface area (Å²) >= 11 is 0. The monoisotopic (exact) mass is 1150 g/mol. The van der Waals surface area contributed by atoms with Crippen LogP contribution in [0.15, 0.2) is 109 Å². The topological polar surface area (TPSA) is 78.9 Å². The van der Waals surface area contributed by atoms with E-state index in [1.807, 2.05) is 0 Å². The van der Waals surface area contributed by atoms with E-state index >= 15 is 0 Å². The van der Waals surface area contributed by atoms with Crippen molar-refractivity contribution >= 4 is 17.9 Å². The van der Waals surface area contributed by atoms with Gasteiger partial charge in [-0.2, -0.15) is 0 Å². The number of esters is 3. The van der Waals surface area contributed by atoms with Gasteiger partial charge in [-0.25, -0.2) is 0 Å². The van der Waals surface area contributed by atoms with E-state index in [0.29, 0.717) is 19.3 Å². The van der Waals surface area contributed by atoms with Crippen LogP contribution in [0.25, 0.3) is 0 Å². The van der Waals surface area contributed by atoms with E-state index in [1.165, 1.54) is 180 Å². The molecule has 6 nitrogen and oxygen atoms in total. The van der Waals surface area contributed by atoms with Gasteiger partial charge in [-0.1, -0.05) is 323 Å². The van der Waals surface area contributed by atoms with Crippen molar-refractivity contribution in [3.63, 3.8) is 0 Å². The van der Waals surface area contributed by atoms with Crippen LogP contribution in [0, 0.1) is 0 Å². The molecule has 0 saturated heterocycles. The molecule has 0 rings (SSSR count). The van der Waals surface area contributed by atoms with Gasteiger partial charge in [-0.15, -0.1) is 0 Å². The SMILES string of the molecule is CC/C=C\C/C=C\C/C=C\C/C=C\C/C=C\C/C=C\CCCCCCC(=O)OC(COC(=O)CCCCCCCCCCCCC)COC(=O)CCCCCCCCCCCCCCCCCC/C=C\C/C=C\C/C=C\CCCCCCC. The summed E-state index contributed by atoms with van der Waals surface area (Å²) in [5, 5.41) is 0. The van der Waals surface area contributed by atoms with Crippen LogP contribution in [0.2, 0.25) is 0 Å². The van der Waals surface area contributed by atoms with Gasteiger partial charge in [0.1, 0.15) is 13.2 Å². The van der Waals surface area contributed by atoms with Crippen molar-refractivity contribution in [1.29, 1.82) is 0 Å². The van der Waals surface area contributed by atoms with Crippen molar-refractivity contribution in [2.45, 2.75) is 348 Å². The highest BCUT2D eigenvalue weighted by Crippen LogP contribution is 2.17. The number of rotatable bonds is 64. The Labute approximate surface area is 514 Å². The summed E-state index contributed by atoms with van der Waals surface area (Å²) in [5.74, 6) is -0.899. The maximum atomic E-state index is 12.9. The lowest BCUT2D eigenvalue weighted by Gasteiger charge is -2.18. The van der Waals surface area contributed by atoms with Crippen LogP contribution in [-0.2, 0) is 28.6 Å². The van der Waals surface area contributed by atoms with Crippen LogP contribution < -0.4 is 0 Å². The smallest absolute Gasteiger partial charge is 0.306 e. The molecule has 0 saturated carbocycles. The summed E-state index contributed by atoms with van der Waals surface area (Å²) in [4.78, 5) is 38.4. The average molecular weight is 1150 g/mol. The minimum Gasteiger partial charge on any atom is -0.462 e. The highest BCUT2D eigenvalue weighted by Gasteiger charge is 2.19. The molecule has 0 bridgehead atoms. The van der Waals surface area contributed by atoms with Gasteiger partial charge in [0.2, 0.25) is 0 Å². The first-order valence-electron chi connectivity index (χ1n) is 35.4. The summed E-state index contributed by atoms with van der Waals surface area (Å²) in [5.41, 5.74) is 0. The maximum absolute atomic E-state index is 12.9. The maximum Gasteiger partial charge on any atom is 0.306 e. The van der Waals surface area contributed by atoms with Crippen molar-refractivity contribution in [1.82, 2.24) is 0 Å². The third-order valence-electron chi connectivity index (χ3n) is 15.3. The molecule has 476 valence electrons. The number of carbonyl (C=O) groups is 3. The van der Waals surface area contributed by atoms with E-state index in [1.54, 1.807) is 0 Å². The molecule has 0 spiro atoms. The summed E-state index contributed by atoms with van der Waals surface area (Å²) in [6.45, 7) is 6.52. The molecule has 1 atom stereocenters. The Balaban J connectivity index is 4.24. The molecule has 0 aliphatic carbocycles. The lowest BCUT2D eigenvalue weighted by Crippen LogP contribution is -2.30. The molecule has 0 aliphatic heterocycles. The first kappa shape index (κ1) is 79.1. The molecular weight excluding hydrogens is 1020 g/mol. The minimum absolute atomic E-state index is 0.0859. The Kier molecular flexibility index (Phi) is 67.2. The van der Waals surface area contributed by atoms with E-state index < -0.39 is 6.10 Å². The second-order valence-electron chi connectivity index (χ2n) is 23.4. The quantitative estimate of drug-likeness (QED) is 0.0261. The molecular formula is C77H132O6. The van der Waals surface area contributed by atoms with Crippen molar-refractivity contribution in [3.05, 3.63) is 109 Å². The van der Waals surface area contributed by atoms with Crippen LogP contribution in [0.5, 0.6) is 0 Å². The summed E-state index contributed by atoms with van der Waals surface area (Å²) < 4.78 is 16.9. The first-order valence-corrected chi connectivity index (χ1v) is 35.4. The molecule has 1 unspecified atom stereocenters. The molecule has 0 heterocycles. The fourth-order valence-corrected chi connectivity index (χ4v) is 9.99. The minimum atomic E-state index is -0.792. The number of allylic oxidation sites excluding steroid dienone is 18. The van der Waals surface area contributed by atoms with Gasteiger partial charge < -0.3 is 14.2 Å². The number of carbonyl (C=O) groups excluding carboxylic acids is 3. The van der Waals surface area contributed by atoms with Crippen LogP contribution in [0.1, 0.15) is 342 Å². The largest absolute Gasteiger partial charge is 0.462 e. The van der Waals surface area contributed by atoms with Gasteiger partial charge in [0.25, 0.3) is 0 Å². The van der Waals surface area contributed by atoms with E-state index in [4.69, 9.17) is 14.2 Å². The van der Waals surface area contributed by atoms with Gasteiger partial charge in [0, 0.05) is 19.3 Å². The van der Waals surface area contributed by atoms with Crippen molar-refractivity contribution in [3.8, 4) is 0 Å². The van der Waals surface area contributed by atoms with Gasteiger partial charge in [-0.3, -0.25) is 14.4 Å². The highest BCUT2D eigenvalue weighted by atomic mass is 16.6. The average Bonchev–Trinajstić information content (AvgIpc) is 3.48. The molecule has 0 radical (unpaired) electrons. The number of hydrogen-bond donors (Lipinski definition) is 0. The second-order valence-corrected chi connectivity index (χ2v) is 23.4. The number of unbranched alkanes of at least 4 members (excludes halogenated alkanes) is 35. The number of hydrogen-bond acceptors (Lipinski definition) is 6. The Morgan fingerprint density at radius 2 is 0.470 bits per heavy atom. The van der Waals surface area contributed by atoms with E-state index in [0.717, 1.165) is 122 Å². The molecule has 0 fully saturated rings. The first-order chi connectivity index (χ1) is 41.0. The number of ether oxygens (including phenoxy) is 3. The molecule has 0 aromatic carbocycles. The highest BCUT2D eigenvalue weighted by molar-refractivity contribution is 5.71. The predicted molar refractivity (Wildman–Crippen MR) is 362 cm³/mol. The normalized spacial score (nSPS) is 12.8. The molecule has 0 aromatic rings. The van der Waals surface area contributed by atoms with Gasteiger partial charge in [0.15, 0.2) is 6.10 Å². The molecule has 0 N–H and O–H groups in total. The third kappa shape index (κ3) is 68.7. The van der Waals surface area contributed by atoms with Crippen LogP contribution in [-0.4, -0.2) is 37.2 Å². The molecule has 0 aliphatic rings. The van der Waals surface area contributed by atoms with E-state index in [-0.39, 0.29) is 31.1 Å². The van der Waals surface area contributed by atoms with Crippen LogP contribution in [0.4, 0.5) is 0 Å². The summed E-state index contributed by atoms with van der Waals surface area (Å²) in [6.07, 6.45) is 96.9. The zero-order valence-electron chi connectivity index (χ0n) is 54.7. The van der Waals surface area contributed by atoms with Crippen LogP contribution in [0.3, 0.4) is 0 Å². The molecule has 83 heavy (non-hydrogen) atoms. The van der Waals surface area contributed by atoms with Crippen molar-refractivity contribution in [2.24, 2.45) is 0 Å². The molecule has 6 heteroatoms. The third-order valence-corrected chi connectivity index (χ3v) is 15.3. The van der Waals surface area contributed by atoms with E-state index in [2.05, 4.69) is 130 Å². The predicted octanol–water partition coefficient (Wildman–Crippen LogP) is 24.6. The lowest BCUT2D eigenvalue weighted by atomic mass is 10.0. The molecule has 0 aromatic heterocycles. The van der Waals surface area contributed by atoms with Crippen LogP contribution >= 0.6 is 0 Å². The van der Waals surface area contributed by atoms with Gasteiger partial charge in [-0.05, 0) is 109 Å². The standard InChI is InChI=1S/C77H132O6/c1-4-7-10-13-16-19-22-24-26-28-30-32-34-35-36-37-38-39-40-41-43-44-46-48-50-52-55-58-61-64-67-70-76(79)82-73-74(72-81-75(78)69-66-63-60-57-54-21-18-15-12-9-6-3)83-77(80)71-68-65-62-59-56-53-51-49-47-45-42-33-31-29-27-25-23-20-17-14-11-8-5-2/h8,11,17,20,22,24-25,27-28,30-31,33-35,45,47,51,53,74H,4-7,9-10,12-16,18-19,21,23,26,29,32,36-44,46,48-50,52,54-73H2,1-3H3/b11-8-,20-17-,24-22-,27-25-,30-28-,33-31-,35-34-,47-45-,53-51-. The second kappa shape index (κ2) is 70.6. The fraction of sp³-hybridized carbons (Fsp3) is 0.727. The van der Waals surface area contributed by atoms with Gasteiger partial charge in [0.05, 0.1) is 0 Å². The zero-order chi connectivity index (χ0) is 59.9. The Morgan fingerprint density at radius 1 is 0.253 bits per heavy atom. The Morgan fingerprint density at radius 3 is 0.735 bits per heavy atom. The van der Waals surface area contributed by atoms with E-state index in [9.17, 15) is 14.4 Å². The van der Waals surface area contributed by atoms with Crippen molar-refractivity contribution < 1.29 is 28.6 Å². The summed E-state index contributed by atoms with van der Waals surface area (Å²) in [7, 11) is 0. The molecule has 0 amide bonds. The van der Waals surface area contributed by atoms with Gasteiger partial charge >= 0.3 is 17.9 Å². The zero-order valence-corrected chi connectivity index (χ0v) is 54.7. The lowest BCUT2D eigenvalue weighted by molar-refractivity contribution is -0.167. The van der Waals surface area contributed by atoms with Crippen molar-refractivity contribution in [2.75, 3.05) is 13.2 Å². The Bertz CT molecular complexity index is 1660. The summed E-state index contributed by atoms with van der Waals surface area (Å²) in [6, 6.07) is 0. The fourth-order valence-electron chi connectivity index (χ4n) is 9.99.